The molecule has 0 radical (unpaired) electrons. The van der Waals surface area contributed by atoms with Gasteiger partial charge in [-0.3, -0.25) is 4.68 Å². The van der Waals surface area contributed by atoms with Crippen LogP contribution in [0, 0.1) is 5.41 Å². The van der Waals surface area contributed by atoms with Crippen molar-refractivity contribution in [3.63, 3.8) is 0 Å². The Morgan fingerprint density at radius 1 is 1.50 bits per heavy atom. The first-order valence-corrected chi connectivity index (χ1v) is 6.06. The average Bonchev–Trinajstić information content (AvgIpc) is 2.63. The average molecular weight is 221 g/mol. The lowest BCUT2D eigenvalue weighted by Crippen LogP contribution is -2.22. The molecular weight excluding hydrogens is 198 g/mol. The van der Waals surface area contributed by atoms with Gasteiger partial charge in [-0.2, -0.15) is 5.10 Å². The lowest BCUT2D eigenvalue weighted by molar-refractivity contribution is 0.355. The minimum Gasteiger partial charge on any atom is -0.309 e. The van der Waals surface area contributed by atoms with Crippen LogP contribution in [0.5, 0.6) is 0 Å². The summed E-state index contributed by atoms with van der Waals surface area (Å²) in [5.41, 5.74) is 1.86. The lowest BCUT2D eigenvalue weighted by Gasteiger charge is -2.18. The predicted octanol–water partition coefficient (Wildman–Crippen LogP) is 2.53. The van der Waals surface area contributed by atoms with Gasteiger partial charge in [-0.1, -0.05) is 13.8 Å². The Kier molecular flexibility index (Phi) is 2.61. The SMILES string of the molecule is CC1(C)CC1NCc1cnn(C(C)(C)C)c1. The first-order chi connectivity index (χ1) is 7.29. The van der Waals surface area contributed by atoms with E-state index in [0.717, 1.165) is 6.54 Å². The molecule has 1 aliphatic carbocycles. The summed E-state index contributed by atoms with van der Waals surface area (Å²) in [7, 11) is 0. The van der Waals surface area contributed by atoms with Crippen LogP contribution in [0.25, 0.3) is 0 Å². The molecule has 0 saturated heterocycles. The molecule has 1 fully saturated rings. The van der Waals surface area contributed by atoms with E-state index < -0.39 is 0 Å². The fourth-order valence-electron chi connectivity index (χ4n) is 1.87. The Bertz CT molecular complexity index is 371. The molecule has 1 aromatic heterocycles. The van der Waals surface area contributed by atoms with Crippen molar-refractivity contribution in [1.82, 2.24) is 15.1 Å². The Hall–Kier alpha value is -0.830. The summed E-state index contributed by atoms with van der Waals surface area (Å²) in [6.45, 7) is 12.1. The molecule has 1 aromatic rings. The highest BCUT2D eigenvalue weighted by atomic mass is 15.3. The van der Waals surface area contributed by atoms with Crippen molar-refractivity contribution in [2.45, 2.75) is 59.2 Å². The van der Waals surface area contributed by atoms with Crippen molar-refractivity contribution in [2.24, 2.45) is 5.41 Å². The maximum Gasteiger partial charge on any atom is 0.0543 e. The summed E-state index contributed by atoms with van der Waals surface area (Å²) >= 11 is 0. The third kappa shape index (κ3) is 2.46. The highest BCUT2D eigenvalue weighted by molar-refractivity contribution is 5.08. The molecule has 0 amide bonds. The van der Waals surface area contributed by atoms with Crippen molar-refractivity contribution < 1.29 is 0 Å². The second-order valence-electron chi connectivity index (χ2n) is 6.59. The van der Waals surface area contributed by atoms with Crippen molar-refractivity contribution in [3.05, 3.63) is 18.0 Å². The molecule has 90 valence electrons. The molecule has 0 aromatic carbocycles. The molecule has 1 unspecified atom stereocenters. The van der Waals surface area contributed by atoms with Gasteiger partial charge in [0.1, 0.15) is 0 Å². The van der Waals surface area contributed by atoms with E-state index in [0.29, 0.717) is 11.5 Å². The molecule has 0 bridgehead atoms. The third-order valence-corrected chi connectivity index (χ3v) is 3.39. The van der Waals surface area contributed by atoms with Gasteiger partial charge >= 0.3 is 0 Å². The summed E-state index contributed by atoms with van der Waals surface area (Å²) < 4.78 is 2.03. The zero-order chi connectivity index (χ0) is 12.0. The largest absolute Gasteiger partial charge is 0.309 e. The maximum absolute atomic E-state index is 4.40. The molecule has 16 heavy (non-hydrogen) atoms. The minimum atomic E-state index is 0.0805. The molecule has 1 heterocycles. The Balaban J connectivity index is 1.89. The number of nitrogens with one attached hydrogen (secondary N) is 1. The molecule has 3 nitrogen and oxygen atoms in total. The first-order valence-electron chi connectivity index (χ1n) is 6.06. The van der Waals surface area contributed by atoms with E-state index in [1.54, 1.807) is 0 Å². The molecule has 1 aliphatic rings. The first kappa shape index (κ1) is 11.6. The van der Waals surface area contributed by atoms with E-state index in [1.165, 1.54) is 12.0 Å². The maximum atomic E-state index is 4.40. The zero-order valence-electron chi connectivity index (χ0n) is 11.0. The third-order valence-electron chi connectivity index (χ3n) is 3.39. The summed E-state index contributed by atoms with van der Waals surface area (Å²) in [6.07, 6.45) is 5.40. The molecule has 0 spiro atoms. The second kappa shape index (κ2) is 3.59. The molecule has 1 saturated carbocycles. The van der Waals surface area contributed by atoms with Crippen LogP contribution in [-0.2, 0) is 12.1 Å². The summed E-state index contributed by atoms with van der Waals surface area (Å²) in [6, 6.07) is 0.686. The highest BCUT2D eigenvalue weighted by Gasteiger charge is 2.44. The van der Waals surface area contributed by atoms with Crippen molar-refractivity contribution in [3.8, 4) is 0 Å². The smallest absolute Gasteiger partial charge is 0.0543 e. The molecule has 2 rings (SSSR count). The molecular formula is C13H23N3. The number of nitrogens with zero attached hydrogens (tertiary/aromatic N) is 2. The zero-order valence-corrected chi connectivity index (χ0v) is 11.0. The van der Waals surface area contributed by atoms with Gasteiger partial charge in [-0.15, -0.1) is 0 Å². The van der Waals surface area contributed by atoms with E-state index in [4.69, 9.17) is 0 Å². The predicted molar refractivity (Wildman–Crippen MR) is 66.2 cm³/mol. The quantitative estimate of drug-likeness (QED) is 0.850. The van der Waals surface area contributed by atoms with Crippen LogP contribution in [0.1, 0.15) is 46.6 Å². The van der Waals surface area contributed by atoms with Gasteiger partial charge in [0.2, 0.25) is 0 Å². The highest BCUT2D eigenvalue weighted by Crippen LogP contribution is 2.44. The molecule has 1 atom stereocenters. The Morgan fingerprint density at radius 3 is 2.56 bits per heavy atom. The van der Waals surface area contributed by atoms with Gasteiger partial charge < -0.3 is 5.32 Å². The monoisotopic (exact) mass is 221 g/mol. The number of aromatic nitrogens is 2. The fourth-order valence-corrected chi connectivity index (χ4v) is 1.87. The van der Waals surface area contributed by atoms with Crippen LogP contribution < -0.4 is 5.32 Å². The van der Waals surface area contributed by atoms with Gasteiger partial charge in [-0.25, -0.2) is 0 Å². The van der Waals surface area contributed by atoms with Crippen LogP contribution in [-0.4, -0.2) is 15.8 Å². The fraction of sp³-hybridized carbons (Fsp3) is 0.769. The van der Waals surface area contributed by atoms with E-state index in [2.05, 4.69) is 51.2 Å². The summed E-state index contributed by atoms with van der Waals surface area (Å²) in [4.78, 5) is 0. The normalized spacial score (nSPS) is 23.4. The number of rotatable bonds is 3. The summed E-state index contributed by atoms with van der Waals surface area (Å²) in [5.74, 6) is 0. The minimum absolute atomic E-state index is 0.0805. The van der Waals surface area contributed by atoms with Gasteiger partial charge in [-0.05, 0) is 32.6 Å². The van der Waals surface area contributed by atoms with E-state index in [9.17, 15) is 0 Å². The van der Waals surface area contributed by atoms with Gasteiger partial charge in [0.15, 0.2) is 0 Å². The van der Waals surface area contributed by atoms with Gasteiger partial charge in [0.05, 0.1) is 11.7 Å². The van der Waals surface area contributed by atoms with E-state index in [1.807, 2.05) is 10.9 Å². The number of hydrogen-bond acceptors (Lipinski definition) is 2. The Labute approximate surface area is 98.2 Å². The van der Waals surface area contributed by atoms with Crippen LogP contribution >= 0.6 is 0 Å². The van der Waals surface area contributed by atoms with Crippen LogP contribution in [0.4, 0.5) is 0 Å². The van der Waals surface area contributed by atoms with Crippen LogP contribution in [0.3, 0.4) is 0 Å². The van der Waals surface area contributed by atoms with Gasteiger partial charge in [0.25, 0.3) is 0 Å². The van der Waals surface area contributed by atoms with Crippen LogP contribution in [0.2, 0.25) is 0 Å². The van der Waals surface area contributed by atoms with E-state index >= 15 is 0 Å². The number of hydrogen-bond donors (Lipinski definition) is 1. The summed E-state index contributed by atoms with van der Waals surface area (Å²) in [5, 5.41) is 7.97. The molecule has 0 aliphatic heterocycles. The second-order valence-corrected chi connectivity index (χ2v) is 6.59. The molecule has 1 N–H and O–H groups in total. The standard InChI is InChI=1S/C13H23N3/c1-12(2,3)16-9-10(8-15-16)7-14-11-6-13(11,4)5/h8-9,11,14H,6-7H2,1-5H3. The van der Waals surface area contributed by atoms with Crippen LogP contribution in [0.15, 0.2) is 12.4 Å². The molecule has 3 heteroatoms. The van der Waals surface area contributed by atoms with Crippen molar-refractivity contribution >= 4 is 0 Å². The van der Waals surface area contributed by atoms with Gasteiger partial charge in [0, 0.05) is 24.3 Å². The van der Waals surface area contributed by atoms with Crippen molar-refractivity contribution in [2.75, 3.05) is 0 Å². The van der Waals surface area contributed by atoms with Crippen molar-refractivity contribution in [1.29, 1.82) is 0 Å². The Morgan fingerprint density at radius 2 is 2.12 bits per heavy atom. The topological polar surface area (TPSA) is 29.9 Å². The van der Waals surface area contributed by atoms with E-state index in [-0.39, 0.29) is 5.54 Å². The lowest BCUT2D eigenvalue weighted by atomic mass is 10.1.